The van der Waals surface area contributed by atoms with Crippen molar-refractivity contribution in [3.63, 3.8) is 0 Å². The first-order valence-electron chi connectivity index (χ1n) is 15.5. The molecule has 14 nitrogen and oxygen atoms in total. The molecule has 0 radical (unpaired) electrons. The third kappa shape index (κ3) is 7.45. The van der Waals surface area contributed by atoms with Crippen LogP contribution in [0.3, 0.4) is 0 Å². The molecule has 2 aromatic rings. The Hall–Kier alpha value is -4.40. The zero-order valence-electron chi connectivity index (χ0n) is 26.9. The lowest BCUT2D eigenvalue weighted by atomic mass is 9.85. The Kier molecular flexibility index (Phi) is 9.40. The third-order valence-electron chi connectivity index (χ3n) is 8.79. The lowest BCUT2D eigenvalue weighted by molar-refractivity contribution is -0.142. The molecule has 0 spiro atoms. The number of alkyl carbamates (subject to hydrolysis) is 1. The molecule has 0 aromatic carbocycles. The Morgan fingerprint density at radius 2 is 1.96 bits per heavy atom. The van der Waals surface area contributed by atoms with E-state index in [1.807, 2.05) is 6.07 Å². The summed E-state index contributed by atoms with van der Waals surface area (Å²) < 4.78 is 43.2. The van der Waals surface area contributed by atoms with Crippen LogP contribution in [0.5, 0.6) is 5.88 Å². The van der Waals surface area contributed by atoms with Crippen LogP contribution < -0.4 is 20.1 Å². The van der Waals surface area contributed by atoms with E-state index in [2.05, 4.69) is 26.9 Å². The lowest BCUT2D eigenvalue weighted by Gasteiger charge is -2.35. The van der Waals surface area contributed by atoms with Gasteiger partial charge in [-0.05, 0) is 43.2 Å². The van der Waals surface area contributed by atoms with Gasteiger partial charge in [0.15, 0.2) is 0 Å². The smallest absolute Gasteiger partial charge is 0.407 e. The van der Waals surface area contributed by atoms with Gasteiger partial charge in [0.25, 0.3) is 5.91 Å². The summed E-state index contributed by atoms with van der Waals surface area (Å²) in [4.78, 5) is 59.5. The van der Waals surface area contributed by atoms with Crippen LogP contribution in [-0.4, -0.2) is 85.3 Å². The van der Waals surface area contributed by atoms with Crippen molar-refractivity contribution in [2.75, 3.05) is 20.3 Å². The van der Waals surface area contributed by atoms with Gasteiger partial charge >= 0.3 is 6.09 Å². The van der Waals surface area contributed by atoms with Crippen LogP contribution in [-0.2, 0) is 29.1 Å². The minimum absolute atomic E-state index is 0.105. The van der Waals surface area contributed by atoms with Crippen LogP contribution in [0.2, 0.25) is 0 Å². The second kappa shape index (κ2) is 13.0. The topological polar surface area (TPSA) is 186 Å². The second-order valence-corrected chi connectivity index (χ2v) is 15.4. The summed E-state index contributed by atoms with van der Waals surface area (Å²) in [5.41, 5.74) is -0.861. The van der Waals surface area contributed by atoms with E-state index in [1.165, 1.54) is 18.1 Å². The van der Waals surface area contributed by atoms with Crippen molar-refractivity contribution in [1.29, 1.82) is 0 Å². The summed E-state index contributed by atoms with van der Waals surface area (Å²) in [5, 5.41) is 4.74. The minimum Gasteiger partial charge on any atom is -0.477 e. The van der Waals surface area contributed by atoms with Gasteiger partial charge in [-0.15, -0.1) is 6.58 Å². The fraction of sp³-hybridized carbons (Fsp3) is 0.531. The normalized spacial score (nSPS) is 24.5. The Morgan fingerprint density at radius 3 is 2.55 bits per heavy atom. The highest BCUT2D eigenvalue weighted by atomic mass is 32.2. The number of nitrogens with zero attached hydrogens (tertiary/aromatic N) is 2. The van der Waals surface area contributed by atoms with Crippen molar-refractivity contribution in [2.45, 2.75) is 69.3 Å². The molecule has 0 bridgehead atoms. The number of amides is 4. The van der Waals surface area contributed by atoms with Crippen LogP contribution >= 0.6 is 0 Å². The number of carbonyl (C=O) groups excluding carboxylic acids is 4. The molecule has 3 fully saturated rings. The third-order valence-corrected chi connectivity index (χ3v) is 10.6. The Morgan fingerprint density at radius 1 is 1.21 bits per heavy atom. The highest BCUT2D eigenvalue weighted by molar-refractivity contribution is 7.91. The summed E-state index contributed by atoms with van der Waals surface area (Å²) in [5.74, 6) is -2.47. The first-order chi connectivity index (χ1) is 22.2. The van der Waals surface area contributed by atoms with Crippen molar-refractivity contribution in [3.8, 4) is 17.1 Å². The summed E-state index contributed by atoms with van der Waals surface area (Å²) in [6.45, 7) is 9.27. The summed E-state index contributed by atoms with van der Waals surface area (Å²) in [6.07, 6.45) is 5.06. The largest absolute Gasteiger partial charge is 0.477 e. The van der Waals surface area contributed by atoms with Crippen LogP contribution in [0.4, 0.5) is 4.79 Å². The van der Waals surface area contributed by atoms with E-state index in [0.717, 1.165) is 5.56 Å². The van der Waals surface area contributed by atoms with Gasteiger partial charge in [0, 0.05) is 30.0 Å². The van der Waals surface area contributed by atoms with Gasteiger partial charge in [0.2, 0.25) is 27.7 Å². The molecular formula is C32H41N5O9S. The number of pyridine rings is 1. The van der Waals surface area contributed by atoms with Crippen LogP contribution in [0.1, 0.15) is 46.5 Å². The van der Waals surface area contributed by atoms with Gasteiger partial charge < -0.3 is 29.4 Å². The fourth-order valence-corrected chi connectivity index (χ4v) is 7.18. The van der Waals surface area contributed by atoms with Crippen molar-refractivity contribution in [1.82, 2.24) is 25.2 Å². The SMILES string of the molecule is C=CC1CC1(NC(=O)C1CC(COc2cccc(-c3ccoc3)n2)CN1C(=O)C(NC(=O)OC)C(C)(C)C)C(=O)NS(=O)(=O)C1CC1. The maximum Gasteiger partial charge on any atom is 0.407 e. The number of rotatable bonds is 12. The van der Waals surface area contributed by atoms with E-state index < -0.39 is 68.0 Å². The molecule has 2 aromatic heterocycles. The molecule has 3 heterocycles. The number of likely N-dealkylation sites (tertiary alicyclic amines) is 1. The van der Waals surface area contributed by atoms with Gasteiger partial charge in [-0.1, -0.05) is 32.9 Å². The molecule has 1 saturated heterocycles. The number of ether oxygens (including phenoxy) is 2. The fourth-order valence-electron chi connectivity index (χ4n) is 5.82. The van der Waals surface area contributed by atoms with Crippen molar-refractivity contribution in [2.24, 2.45) is 17.3 Å². The number of sulfonamides is 1. The number of carbonyl (C=O) groups is 4. The maximum absolute atomic E-state index is 14.1. The van der Waals surface area contributed by atoms with Crippen LogP contribution in [0, 0.1) is 17.3 Å². The zero-order chi connectivity index (χ0) is 34.1. The molecule has 3 aliphatic rings. The molecule has 15 heteroatoms. The lowest BCUT2D eigenvalue weighted by Crippen LogP contribution is -2.60. The summed E-state index contributed by atoms with van der Waals surface area (Å²) in [6, 6.07) is 4.96. The summed E-state index contributed by atoms with van der Waals surface area (Å²) >= 11 is 0. The van der Waals surface area contributed by atoms with Crippen LogP contribution in [0.15, 0.2) is 53.9 Å². The van der Waals surface area contributed by atoms with E-state index >= 15 is 0 Å². The molecule has 5 rings (SSSR count). The number of furan rings is 1. The van der Waals surface area contributed by atoms with Crippen molar-refractivity contribution in [3.05, 3.63) is 49.4 Å². The number of hydrogen-bond acceptors (Lipinski definition) is 10. The van der Waals surface area contributed by atoms with E-state index in [4.69, 9.17) is 13.9 Å². The number of aromatic nitrogens is 1. The Labute approximate surface area is 273 Å². The van der Waals surface area contributed by atoms with Crippen molar-refractivity contribution >= 4 is 33.8 Å². The predicted octanol–water partition coefficient (Wildman–Crippen LogP) is 2.38. The molecule has 5 atom stereocenters. The highest BCUT2D eigenvalue weighted by Gasteiger charge is 2.62. The first kappa shape index (κ1) is 33.9. The van der Waals surface area contributed by atoms with Gasteiger partial charge in [-0.25, -0.2) is 18.2 Å². The molecule has 254 valence electrons. The van der Waals surface area contributed by atoms with Crippen LogP contribution in [0.25, 0.3) is 11.3 Å². The molecule has 1 aliphatic heterocycles. The second-order valence-electron chi connectivity index (χ2n) is 13.4. The number of nitrogens with one attached hydrogen (secondary N) is 3. The van der Waals surface area contributed by atoms with E-state index in [-0.39, 0.29) is 31.9 Å². The van der Waals surface area contributed by atoms with Gasteiger partial charge in [0.05, 0.1) is 37.2 Å². The van der Waals surface area contributed by atoms with E-state index in [1.54, 1.807) is 51.5 Å². The van der Waals surface area contributed by atoms with E-state index in [0.29, 0.717) is 24.4 Å². The number of hydrogen-bond donors (Lipinski definition) is 3. The average Bonchev–Trinajstić information content (AvgIpc) is 3.89. The first-order valence-corrected chi connectivity index (χ1v) is 17.0. The molecule has 5 unspecified atom stereocenters. The molecule has 4 amide bonds. The molecule has 47 heavy (non-hydrogen) atoms. The Balaban J connectivity index is 1.36. The quantitative estimate of drug-likeness (QED) is 0.283. The molecule has 3 N–H and O–H groups in total. The zero-order valence-corrected chi connectivity index (χ0v) is 27.7. The maximum atomic E-state index is 14.1. The molecule has 2 saturated carbocycles. The van der Waals surface area contributed by atoms with Gasteiger partial charge in [-0.3, -0.25) is 19.1 Å². The van der Waals surface area contributed by atoms with Gasteiger partial charge in [0.1, 0.15) is 17.6 Å². The monoisotopic (exact) mass is 671 g/mol. The Bertz CT molecular complexity index is 1630. The molecule has 2 aliphatic carbocycles. The average molecular weight is 672 g/mol. The van der Waals surface area contributed by atoms with Gasteiger partial charge in [-0.2, -0.15) is 0 Å². The minimum atomic E-state index is -3.87. The molecular weight excluding hydrogens is 630 g/mol. The predicted molar refractivity (Wildman–Crippen MR) is 169 cm³/mol. The number of methoxy groups -OCH3 is 1. The standard InChI is InChI=1S/C32H41N5O9S/c1-6-21-15-32(21,29(40)36-47(42,43)22-10-11-22)35-27(38)24-14-19(16-37(24)28(39)26(31(2,3)4)34-30(41)44-5)17-46-25-9-7-8-23(33-25)20-12-13-45-18-20/h6-9,12-13,18-19,21-22,24,26H,1,10-11,14-17H2,2-5H3,(H,34,41)(H,35,38)(H,36,40). The summed E-state index contributed by atoms with van der Waals surface area (Å²) in [7, 11) is -2.68. The highest BCUT2D eigenvalue weighted by Crippen LogP contribution is 2.45. The van der Waals surface area contributed by atoms with E-state index in [9.17, 15) is 27.6 Å². The van der Waals surface area contributed by atoms with Crippen molar-refractivity contribution < 1.29 is 41.5 Å².